The highest BCUT2D eigenvalue weighted by Gasteiger charge is 2.33. The molecule has 2 rings (SSSR count). The Morgan fingerprint density at radius 2 is 2.05 bits per heavy atom. The molecule has 1 aliphatic rings. The number of benzene rings is 1. The van der Waals surface area contributed by atoms with Gasteiger partial charge in [-0.1, -0.05) is 26.1 Å². The summed E-state index contributed by atoms with van der Waals surface area (Å²) in [4.78, 5) is 2.14. The minimum absolute atomic E-state index is 0.00510. The van der Waals surface area contributed by atoms with Gasteiger partial charge in [0.1, 0.15) is 4.99 Å². The van der Waals surface area contributed by atoms with Crippen molar-refractivity contribution in [1.29, 1.82) is 0 Å². The lowest BCUT2D eigenvalue weighted by Gasteiger charge is -2.31. The molecular weight excluding hydrogens is 297 g/mol. The van der Waals surface area contributed by atoms with Crippen LogP contribution in [-0.2, 0) is 6.18 Å². The van der Waals surface area contributed by atoms with Crippen molar-refractivity contribution in [2.24, 2.45) is 11.7 Å². The van der Waals surface area contributed by atoms with E-state index in [9.17, 15) is 13.2 Å². The van der Waals surface area contributed by atoms with Crippen LogP contribution in [0.3, 0.4) is 0 Å². The fourth-order valence-corrected chi connectivity index (χ4v) is 3.11. The van der Waals surface area contributed by atoms with Crippen molar-refractivity contribution in [2.75, 3.05) is 11.4 Å². The molecule has 0 saturated carbocycles. The molecule has 2 nitrogen and oxygen atoms in total. The summed E-state index contributed by atoms with van der Waals surface area (Å²) in [6, 6.07) is 3.98. The van der Waals surface area contributed by atoms with Gasteiger partial charge in [-0.2, -0.15) is 13.2 Å². The minimum Gasteiger partial charge on any atom is -0.389 e. The number of rotatable bonds is 3. The molecule has 21 heavy (non-hydrogen) atoms. The van der Waals surface area contributed by atoms with Crippen LogP contribution < -0.4 is 10.6 Å². The van der Waals surface area contributed by atoms with Crippen molar-refractivity contribution in [3.05, 3.63) is 29.3 Å². The van der Waals surface area contributed by atoms with Crippen molar-refractivity contribution in [3.8, 4) is 0 Å². The number of hydrogen-bond donors (Lipinski definition) is 1. The van der Waals surface area contributed by atoms with Gasteiger partial charge in [0, 0.05) is 23.8 Å². The maximum absolute atomic E-state index is 12.8. The van der Waals surface area contributed by atoms with Gasteiger partial charge in [0.2, 0.25) is 0 Å². The van der Waals surface area contributed by atoms with Gasteiger partial charge in [-0.05, 0) is 37.0 Å². The zero-order valence-corrected chi connectivity index (χ0v) is 12.9. The van der Waals surface area contributed by atoms with E-state index in [2.05, 4.69) is 18.7 Å². The van der Waals surface area contributed by atoms with E-state index < -0.39 is 11.7 Å². The second kappa shape index (κ2) is 5.83. The number of alkyl halides is 3. The van der Waals surface area contributed by atoms with Crippen molar-refractivity contribution in [3.63, 3.8) is 0 Å². The lowest BCUT2D eigenvalue weighted by molar-refractivity contribution is -0.137. The van der Waals surface area contributed by atoms with Gasteiger partial charge >= 0.3 is 6.18 Å². The lowest BCUT2D eigenvalue weighted by Crippen LogP contribution is -2.35. The molecule has 0 aliphatic carbocycles. The van der Waals surface area contributed by atoms with Crippen LogP contribution >= 0.6 is 12.2 Å². The summed E-state index contributed by atoms with van der Waals surface area (Å²) >= 11 is 4.96. The van der Waals surface area contributed by atoms with E-state index in [1.54, 1.807) is 0 Å². The fourth-order valence-electron chi connectivity index (χ4n) is 2.94. The SMILES string of the molecule is CC(C)C1CCCN1c1ccc(C(F)(F)F)cc1C(N)=S. The average molecular weight is 316 g/mol. The van der Waals surface area contributed by atoms with Crippen LogP contribution in [0.25, 0.3) is 0 Å². The molecule has 1 saturated heterocycles. The summed E-state index contributed by atoms with van der Waals surface area (Å²) in [6.45, 7) is 5.06. The van der Waals surface area contributed by atoms with E-state index in [4.69, 9.17) is 18.0 Å². The maximum atomic E-state index is 12.8. The fraction of sp³-hybridized carbons (Fsp3) is 0.533. The quantitative estimate of drug-likeness (QED) is 0.856. The van der Waals surface area contributed by atoms with Crippen LogP contribution in [0.1, 0.15) is 37.8 Å². The third-order valence-electron chi connectivity index (χ3n) is 3.97. The normalized spacial score (nSPS) is 19.3. The number of hydrogen-bond acceptors (Lipinski definition) is 2. The molecule has 0 bridgehead atoms. The van der Waals surface area contributed by atoms with Crippen LogP contribution in [0.4, 0.5) is 18.9 Å². The molecule has 6 heteroatoms. The van der Waals surface area contributed by atoms with E-state index in [0.717, 1.165) is 31.5 Å². The zero-order chi connectivity index (χ0) is 15.8. The first-order valence-electron chi connectivity index (χ1n) is 6.99. The Labute approximate surface area is 128 Å². The van der Waals surface area contributed by atoms with Crippen LogP contribution in [0.5, 0.6) is 0 Å². The minimum atomic E-state index is -4.39. The van der Waals surface area contributed by atoms with Crippen molar-refractivity contribution >= 4 is 22.9 Å². The van der Waals surface area contributed by atoms with Crippen molar-refractivity contribution < 1.29 is 13.2 Å². The molecule has 0 radical (unpaired) electrons. The molecule has 1 aromatic carbocycles. The molecule has 1 unspecified atom stereocenters. The highest BCUT2D eigenvalue weighted by molar-refractivity contribution is 7.80. The van der Waals surface area contributed by atoms with Crippen LogP contribution in [0.15, 0.2) is 18.2 Å². The number of thiocarbonyl (C=S) groups is 1. The van der Waals surface area contributed by atoms with Gasteiger partial charge < -0.3 is 10.6 Å². The Hall–Kier alpha value is -1.30. The topological polar surface area (TPSA) is 29.3 Å². The molecule has 2 N–H and O–H groups in total. The summed E-state index contributed by atoms with van der Waals surface area (Å²) in [5.41, 5.74) is 5.97. The number of nitrogens with zero attached hydrogens (tertiary/aromatic N) is 1. The van der Waals surface area contributed by atoms with Crippen molar-refractivity contribution in [2.45, 2.75) is 38.9 Å². The monoisotopic (exact) mass is 316 g/mol. The molecule has 1 fully saturated rings. The molecule has 1 aromatic rings. The predicted molar refractivity (Wildman–Crippen MR) is 82.5 cm³/mol. The second-order valence-electron chi connectivity index (χ2n) is 5.74. The summed E-state index contributed by atoms with van der Waals surface area (Å²) in [6.07, 6.45) is -2.32. The predicted octanol–water partition coefficient (Wildman–Crippen LogP) is 3.96. The standard InChI is InChI=1S/C15H19F3N2S/c1-9(2)12-4-3-7-20(12)13-6-5-10(15(16,17)18)8-11(13)14(19)21/h5-6,8-9,12H,3-4,7H2,1-2H3,(H2,19,21). The van der Waals surface area contributed by atoms with Gasteiger partial charge in [0.05, 0.1) is 5.56 Å². The Bertz CT molecular complexity index is 540. The van der Waals surface area contributed by atoms with E-state index in [1.165, 1.54) is 6.07 Å². The Morgan fingerprint density at radius 3 is 2.57 bits per heavy atom. The van der Waals surface area contributed by atoms with E-state index in [0.29, 0.717) is 23.2 Å². The third-order valence-corrected chi connectivity index (χ3v) is 4.19. The first-order valence-corrected chi connectivity index (χ1v) is 7.40. The Kier molecular flexibility index (Phi) is 4.46. The number of halogens is 3. The van der Waals surface area contributed by atoms with E-state index in [-0.39, 0.29) is 4.99 Å². The molecule has 1 atom stereocenters. The Morgan fingerprint density at radius 1 is 1.38 bits per heavy atom. The first-order chi connectivity index (χ1) is 9.71. The van der Waals surface area contributed by atoms with Gasteiger partial charge in [0.25, 0.3) is 0 Å². The lowest BCUT2D eigenvalue weighted by atomic mass is 10.00. The molecule has 116 valence electrons. The summed E-state index contributed by atoms with van der Waals surface area (Å²) in [7, 11) is 0. The smallest absolute Gasteiger partial charge is 0.389 e. The molecule has 0 spiro atoms. The first kappa shape index (κ1) is 16.1. The van der Waals surface area contributed by atoms with Crippen LogP contribution in [-0.4, -0.2) is 17.6 Å². The summed E-state index contributed by atoms with van der Waals surface area (Å²) < 4.78 is 38.5. The highest BCUT2D eigenvalue weighted by Crippen LogP contribution is 2.36. The van der Waals surface area contributed by atoms with Gasteiger partial charge in [-0.25, -0.2) is 0 Å². The third kappa shape index (κ3) is 3.31. The summed E-state index contributed by atoms with van der Waals surface area (Å²) in [5, 5.41) is 0. The van der Waals surface area contributed by atoms with Crippen LogP contribution in [0.2, 0.25) is 0 Å². The zero-order valence-electron chi connectivity index (χ0n) is 12.1. The number of nitrogens with two attached hydrogens (primary N) is 1. The molecule has 1 heterocycles. The maximum Gasteiger partial charge on any atom is 0.416 e. The molecular formula is C15H19F3N2S. The van der Waals surface area contributed by atoms with Gasteiger partial charge in [0.15, 0.2) is 0 Å². The number of anilines is 1. The highest BCUT2D eigenvalue weighted by atomic mass is 32.1. The van der Waals surface area contributed by atoms with E-state index >= 15 is 0 Å². The average Bonchev–Trinajstić information content (AvgIpc) is 2.85. The van der Waals surface area contributed by atoms with Crippen molar-refractivity contribution in [1.82, 2.24) is 0 Å². The van der Waals surface area contributed by atoms with Gasteiger partial charge in [-0.15, -0.1) is 0 Å². The molecule has 0 aromatic heterocycles. The van der Waals surface area contributed by atoms with Gasteiger partial charge in [-0.3, -0.25) is 0 Å². The molecule has 1 aliphatic heterocycles. The van der Waals surface area contributed by atoms with E-state index in [1.807, 2.05) is 0 Å². The summed E-state index contributed by atoms with van der Waals surface area (Å²) in [5.74, 6) is 0.425. The van der Waals surface area contributed by atoms with Crippen LogP contribution in [0, 0.1) is 5.92 Å². The molecule has 0 amide bonds. The largest absolute Gasteiger partial charge is 0.416 e. The Balaban J connectivity index is 2.46. The second-order valence-corrected chi connectivity index (χ2v) is 6.18.